The van der Waals surface area contributed by atoms with Crippen molar-refractivity contribution >= 4 is 5.91 Å². The Morgan fingerprint density at radius 2 is 1.88 bits per heavy atom. The van der Waals surface area contributed by atoms with Gasteiger partial charge >= 0.3 is 0 Å². The number of carbonyl (C=O) groups excluding carboxylic acids is 1. The number of fused-ring (bicyclic) bond motifs is 2. The van der Waals surface area contributed by atoms with Gasteiger partial charge in [-0.2, -0.15) is 0 Å². The number of aryl methyl sites for hydroxylation is 2. The van der Waals surface area contributed by atoms with Crippen LogP contribution in [0.2, 0.25) is 0 Å². The largest absolute Gasteiger partial charge is 0.454 e. The van der Waals surface area contributed by atoms with E-state index in [1.807, 2.05) is 67.5 Å². The number of rotatable bonds is 4. The van der Waals surface area contributed by atoms with Gasteiger partial charge in [0.25, 0.3) is 5.91 Å². The van der Waals surface area contributed by atoms with E-state index in [0.717, 1.165) is 34.1 Å². The predicted octanol–water partition coefficient (Wildman–Crippen LogP) is 3.82. The Kier molecular flexibility index (Phi) is 4.62. The Morgan fingerprint density at radius 3 is 2.73 bits per heavy atom. The molecular weight excluding hydrogens is 420 g/mol. The van der Waals surface area contributed by atoms with Crippen molar-refractivity contribution in [1.82, 2.24) is 20.3 Å². The average molecular weight is 444 g/mol. The van der Waals surface area contributed by atoms with Crippen LogP contribution in [0, 0.1) is 13.8 Å². The van der Waals surface area contributed by atoms with E-state index in [9.17, 15) is 4.79 Å². The second-order valence-corrected chi connectivity index (χ2v) is 8.61. The first-order valence-corrected chi connectivity index (χ1v) is 11.0. The smallest absolute Gasteiger partial charge is 0.251 e. The number of amides is 1. The van der Waals surface area contributed by atoms with E-state index in [0.29, 0.717) is 18.9 Å². The van der Waals surface area contributed by atoms with Crippen LogP contribution in [-0.4, -0.2) is 33.6 Å². The topological polar surface area (TPSA) is 80.1 Å². The predicted molar refractivity (Wildman–Crippen MR) is 120 cm³/mol. The Morgan fingerprint density at radius 1 is 1.06 bits per heavy atom. The summed E-state index contributed by atoms with van der Waals surface area (Å²) in [5, 5.41) is 1.89. The number of aromatic nitrogens is 1. The number of hydrogen-bond acceptors (Lipinski definition) is 7. The SMILES string of the molecule is Cc1ccc(-c2nc(CN3C=CN4NC(c5ccc6c(c5)OCO6)CC4C3=O)c(C)o2)cc1. The zero-order valence-corrected chi connectivity index (χ0v) is 18.4. The van der Waals surface area contributed by atoms with Gasteiger partial charge in [0.1, 0.15) is 17.5 Å². The molecule has 2 unspecified atom stereocenters. The third-order valence-electron chi connectivity index (χ3n) is 6.39. The first-order valence-electron chi connectivity index (χ1n) is 11.0. The summed E-state index contributed by atoms with van der Waals surface area (Å²) in [5.41, 5.74) is 7.36. The van der Waals surface area contributed by atoms with E-state index >= 15 is 0 Å². The highest BCUT2D eigenvalue weighted by molar-refractivity contribution is 5.84. The van der Waals surface area contributed by atoms with Crippen LogP contribution in [0.5, 0.6) is 11.5 Å². The fourth-order valence-electron chi connectivity index (χ4n) is 4.47. The number of benzene rings is 2. The van der Waals surface area contributed by atoms with Gasteiger partial charge in [-0.1, -0.05) is 23.8 Å². The van der Waals surface area contributed by atoms with Gasteiger partial charge in [-0.05, 0) is 50.1 Å². The first kappa shape index (κ1) is 19.9. The van der Waals surface area contributed by atoms with Crippen LogP contribution in [0.15, 0.2) is 59.3 Å². The normalized spacial score (nSPS) is 21.1. The van der Waals surface area contributed by atoms with Crippen LogP contribution in [0.25, 0.3) is 11.5 Å². The van der Waals surface area contributed by atoms with Crippen LogP contribution in [0.4, 0.5) is 0 Å². The van der Waals surface area contributed by atoms with E-state index in [-0.39, 0.29) is 24.8 Å². The highest BCUT2D eigenvalue weighted by Gasteiger charge is 2.40. The fraction of sp³-hybridized carbons (Fsp3) is 0.280. The quantitative estimate of drug-likeness (QED) is 0.655. The number of carbonyl (C=O) groups is 1. The Labute approximate surface area is 191 Å². The van der Waals surface area contributed by atoms with Gasteiger partial charge in [0.2, 0.25) is 12.7 Å². The molecule has 1 aromatic heterocycles. The number of hydrogen-bond donors (Lipinski definition) is 1. The average Bonchev–Trinajstić information content (AvgIpc) is 3.54. The summed E-state index contributed by atoms with van der Waals surface area (Å²) < 4.78 is 16.8. The third-order valence-corrected chi connectivity index (χ3v) is 6.39. The van der Waals surface area contributed by atoms with Crippen LogP contribution in [-0.2, 0) is 11.3 Å². The highest BCUT2D eigenvalue weighted by atomic mass is 16.7. The molecule has 6 rings (SSSR count). The number of nitrogens with one attached hydrogen (secondary N) is 1. The van der Waals surface area contributed by atoms with Crippen molar-refractivity contribution in [3.63, 3.8) is 0 Å². The minimum Gasteiger partial charge on any atom is -0.454 e. The molecule has 168 valence electrons. The summed E-state index contributed by atoms with van der Waals surface area (Å²) in [4.78, 5) is 19.7. The van der Waals surface area contributed by atoms with E-state index in [1.165, 1.54) is 5.56 Å². The lowest BCUT2D eigenvalue weighted by molar-refractivity contribution is -0.135. The van der Waals surface area contributed by atoms with E-state index in [4.69, 9.17) is 13.9 Å². The van der Waals surface area contributed by atoms with Crippen LogP contribution >= 0.6 is 0 Å². The lowest BCUT2D eigenvalue weighted by Gasteiger charge is -2.31. The van der Waals surface area contributed by atoms with Crippen LogP contribution in [0.3, 0.4) is 0 Å². The standard InChI is InChI=1S/C25H24N4O4/c1-15-3-5-17(6-4-15)24-26-20(16(2)33-24)13-28-9-10-29-21(25(28)30)12-19(27-29)18-7-8-22-23(11-18)32-14-31-22/h3-11,19,21,27H,12-14H2,1-2H3. The molecule has 3 aromatic rings. The maximum absolute atomic E-state index is 13.3. The Bertz CT molecular complexity index is 1250. The van der Waals surface area contributed by atoms with Crippen molar-refractivity contribution in [2.24, 2.45) is 0 Å². The summed E-state index contributed by atoms with van der Waals surface area (Å²) in [6, 6.07) is 13.7. The fourth-order valence-corrected chi connectivity index (χ4v) is 4.47. The molecule has 3 aliphatic heterocycles. The van der Waals surface area contributed by atoms with Gasteiger partial charge in [-0.3, -0.25) is 4.79 Å². The third kappa shape index (κ3) is 3.52. The number of hydrazine groups is 1. The molecule has 33 heavy (non-hydrogen) atoms. The summed E-state index contributed by atoms with van der Waals surface area (Å²) in [5.74, 6) is 2.82. The first-order chi connectivity index (χ1) is 16.0. The molecular formula is C25H24N4O4. The van der Waals surface area contributed by atoms with Crippen molar-refractivity contribution in [1.29, 1.82) is 0 Å². The second kappa shape index (κ2) is 7.67. The zero-order chi connectivity index (χ0) is 22.5. The lowest BCUT2D eigenvalue weighted by Crippen LogP contribution is -2.47. The van der Waals surface area contributed by atoms with Gasteiger partial charge in [0, 0.05) is 18.0 Å². The molecule has 4 heterocycles. The molecule has 0 bridgehead atoms. The monoisotopic (exact) mass is 444 g/mol. The molecule has 3 aliphatic rings. The minimum atomic E-state index is -0.283. The molecule has 8 heteroatoms. The summed E-state index contributed by atoms with van der Waals surface area (Å²) in [7, 11) is 0. The Balaban J connectivity index is 1.17. The van der Waals surface area contributed by atoms with Crippen molar-refractivity contribution in [2.75, 3.05) is 6.79 Å². The van der Waals surface area contributed by atoms with E-state index in [2.05, 4.69) is 10.4 Å². The van der Waals surface area contributed by atoms with Gasteiger partial charge in [-0.15, -0.1) is 0 Å². The summed E-state index contributed by atoms with van der Waals surface area (Å²) in [6.07, 6.45) is 4.37. The lowest BCUT2D eigenvalue weighted by atomic mass is 10.0. The van der Waals surface area contributed by atoms with Gasteiger partial charge in [0.05, 0.1) is 12.6 Å². The molecule has 1 amide bonds. The summed E-state index contributed by atoms with van der Waals surface area (Å²) in [6.45, 7) is 4.55. The van der Waals surface area contributed by atoms with Crippen molar-refractivity contribution in [2.45, 2.75) is 38.9 Å². The number of oxazole rings is 1. The molecule has 2 aromatic carbocycles. The second-order valence-electron chi connectivity index (χ2n) is 8.61. The molecule has 2 atom stereocenters. The molecule has 1 fully saturated rings. The van der Waals surface area contributed by atoms with E-state index < -0.39 is 0 Å². The van der Waals surface area contributed by atoms with Crippen LogP contribution in [0.1, 0.15) is 35.0 Å². The molecule has 0 aliphatic carbocycles. The van der Waals surface area contributed by atoms with Crippen molar-refractivity contribution in [3.8, 4) is 23.0 Å². The zero-order valence-electron chi connectivity index (χ0n) is 18.4. The van der Waals surface area contributed by atoms with Crippen molar-refractivity contribution < 1.29 is 18.7 Å². The van der Waals surface area contributed by atoms with Gasteiger partial charge in [0.15, 0.2) is 11.5 Å². The number of ether oxygens (including phenoxy) is 2. The maximum Gasteiger partial charge on any atom is 0.251 e. The molecule has 8 nitrogen and oxygen atoms in total. The molecule has 0 saturated carbocycles. The number of nitrogens with zero attached hydrogens (tertiary/aromatic N) is 3. The molecule has 1 N–H and O–H groups in total. The van der Waals surface area contributed by atoms with Gasteiger partial charge in [-0.25, -0.2) is 10.4 Å². The summed E-state index contributed by atoms with van der Waals surface area (Å²) >= 11 is 0. The maximum atomic E-state index is 13.3. The van der Waals surface area contributed by atoms with E-state index in [1.54, 1.807) is 11.1 Å². The van der Waals surface area contributed by atoms with Crippen LogP contribution < -0.4 is 14.9 Å². The molecule has 1 saturated heterocycles. The Hall–Kier alpha value is -3.78. The highest BCUT2D eigenvalue weighted by Crippen LogP contribution is 2.38. The van der Waals surface area contributed by atoms with Gasteiger partial charge < -0.3 is 23.8 Å². The molecule has 0 spiro atoms. The molecule has 0 radical (unpaired) electrons. The van der Waals surface area contributed by atoms with Crippen molar-refractivity contribution in [3.05, 3.63) is 77.4 Å². The minimum absolute atomic E-state index is 0.0139.